The van der Waals surface area contributed by atoms with Gasteiger partial charge in [-0.25, -0.2) is 0 Å². The average Bonchev–Trinajstić information content (AvgIpc) is 2.80. The topological polar surface area (TPSA) is 38.3 Å². The summed E-state index contributed by atoms with van der Waals surface area (Å²) in [4.78, 5) is 11.1. The fraction of sp³-hybridized carbons (Fsp3) is 0.889. The van der Waals surface area contributed by atoms with Gasteiger partial charge in [-0.1, -0.05) is 0 Å². The number of hydrogen-bond donors (Lipinski definition) is 1. The summed E-state index contributed by atoms with van der Waals surface area (Å²) in [6, 6.07) is 0. The van der Waals surface area contributed by atoms with Gasteiger partial charge in [0.15, 0.2) is 0 Å². The predicted molar refractivity (Wildman–Crippen MR) is 44.7 cm³/mol. The first-order valence-corrected chi connectivity index (χ1v) is 4.73. The van der Waals surface area contributed by atoms with Crippen molar-refractivity contribution in [3.8, 4) is 0 Å². The quantitative estimate of drug-likeness (QED) is 0.627. The van der Waals surface area contributed by atoms with Gasteiger partial charge in [0, 0.05) is 12.5 Å². The number of rotatable bonds is 3. The minimum atomic E-state index is 0.0295. The van der Waals surface area contributed by atoms with E-state index in [1.54, 1.807) is 0 Å². The van der Waals surface area contributed by atoms with Crippen molar-refractivity contribution >= 4 is 5.97 Å². The van der Waals surface area contributed by atoms with Crippen LogP contribution in [0.15, 0.2) is 0 Å². The second kappa shape index (κ2) is 3.44. The highest BCUT2D eigenvalue weighted by atomic mass is 16.5. The summed E-state index contributed by atoms with van der Waals surface area (Å²) in [7, 11) is 0. The zero-order valence-electron chi connectivity index (χ0n) is 7.21. The molecule has 1 saturated heterocycles. The Kier molecular flexibility index (Phi) is 2.30. The number of hydrogen-bond acceptors (Lipinski definition) is 3. The van der Waals surface area contributed by atoms with Gasteiger partial charge in [0.25, 0.3) is 0 Å². The third-order valence-corrected chi connectivity index (χ3v) is 2.53. The van der Waals surface area contributed by atoms with E-state index in [1.807, 2.05) is 0 Å². The summed E-state index contributed by atoms with van der Waals surface area (Å²) in [5.41, 5.74) is 0. The Morgan fingerprint density at radius 3 is 2.83 bits per heavy atom. The molecule has 0 radical (unpaired) electrons. The molecule has 2 aliphatic rings. The Bertz CT molecular complexity index is 171. The lowest BCUT2D eigenvalue weighted by Gasteiger charge is -2.08. The van der Waals surface area contributed by atoms with E-state index in [4.69, 9.17) is 4.74 Å². The highest BCUT2D eigenvalue weighted by molar-refractivity contribution is 5.74. The molecule has 1 aliphatic heterocycles. The van der Waals surface area contributed by atoms with Crippen molar-refractivity contribution < 1.29 is 9.53 Å². The van der Waals surface area contributed by atoms with Gasteiger partial charge >= 0.3 is 5.97 Å². The van der Waals surface area contributed by atoms with Crippen LogP contribution in [-0.2, 0) is 9.53 Å². The van der Waals surface area contributed by atoms with Crippen LogP contribution >= 0.6 is 0 Å². The molecule has 0 unspecified atom stereocenters. The summed E-state index contributed by atoms with van der Waals surface area (Å²) in [5.74, 6) is 0.842. The van der Waals surface area contributed by atoms with Crippen LogP contribution in [0, 0.1) is 11.8 Å². The molecule has 0 bridgehead atoms. The first kappa shape index (κ1) is 8.05. The van der Waals surface area contributed by atoms with Crippen LogP contribution in [-0.4, -0.2) is 25.7 Å². The minimum absolute atomic E-state index is 0.0295. The molecule has 1 heterocycles. The molecule has 12 heavy (non-hydrogen) atoms. The first-order valence-electron chi connectivity index (χ1n) is 4.73. The average molecular weight is 169 g/mol. The minimum Gasteiger partial charge on any atom is -0.465 e. The number of esters is 1. The lowest BCUT2D eigenvalue weighted by molar-refractivity contribution is -0.146. The smallest absolute Gasteiger partial charge is 0.308 e. The maximum absolute atomic E-state index is 11.1. The Hall–Kier alpha value is -0.570. The molecule has 1 aliphatic carbocycles. The summed E-state index contributed by atoms with van der Waals surface area (Å²) >= 11 is 0. The molecule has 3 heteroatoms. The van der Waals surface area contributed by atoms with Gasteiger partial charge in [-0.05, 0) is 25.8 Å². The predicted octanol–water partition coefficient (Wildman–Crippen LogP) is 0.549. The number of carbonyl (C=O) groups excluding carboxylic acids is 1. The van der Waals surface area contributed by atoms with Crippen molar-refractivity contribution in [1.29, 1.82) is 0 Å². The lowest BCUT2D eigenvalue weighted by atomic mass is 10.1. The SMILES string of the molecule is O=C(OC[C@@H]1CCNC1)C1CC1. The monoisotopic (exact) mass is 169 g/mol. The third kappa shape index (κ3) is 1.97. The fourth-order valence-corrected chi connectivity index (χ4v) is 1.49. The van der Waals surface area contributed by atoms with E-state index in [-0.39, 0.29) is 11.9 Å². The molecule has 1 saturated carbocycles. The summed E-state index contributed by atoms with van der Waals surface area (Å²) in [5, 5.41) is 3.25. The Labute approximate surface area is 72.5 Å². The zero-order valence-corrected chi connectivity index (χ0v) is 7.21. The lowest BCUT2D eigenvalue weighted by Crippen LogP contribution is -2.17. The van der Waals surface area contributed by atoms with Crippen LogP contribution in [0.1, 0.15) is 19.3 Å². The molecule has 0 aromatic heterocycles. The Morgan fingerprint density at radius 2 is 2.25 bits per heavy atom. The summed E-state index contributed by atoms with van der Waals surface area (Å²) in [6.07, 6.45) is 3.24. The molecule has 0 amide bonds. The fourth-order valence-electron chi connectivity index (χ4n) is 1.49. The molecule has 1 atom stereocenters. The van der Waals surface area contributed by atoms with Crippen molar-refractivity contribution in [3.05, 3.63) is 0 Å². The van der Waals surface area contributed by atoms with Gasteiger partial charge in [0.2, 0.25) is 0 Å². The Morgan fingerprint density at radius 1 is 1.42 bits per heavy atom. The van der Waals surface area contributed by atoms with E-state index in [1.165, 1.54) is 0 Å². The van der Waals surface area contributed by atoms with Crippen LogP contribution in [0.2, 0.25) is 0 Å². The van der Waals surface area contributed by atoms with Gasteiger partial charge in [0.1, 0.15) is 0 Å². The highest BCUT2D eigenvalue weighted by Crippen LogP contribution is 2.30. The van der Waals surface area contributed by atoms with Crippen LogP contribution in [0.25, 0.3) is 0 Å². The second-order valence-corrected chi connectivity index (χ2v) is 3.76. The van der Waals surface area contributed by atoms with E-state index in [2.05, 4.69) is 5.32 Å². The molecular weight excluding hydrogens is 154 g/mol. The first-order chi connectivity index (χ1) is 5.86. The molecular formula is C9H15NO2. The van der Waals surface area contributed by atoms with E-state index in [0.29, 0.717) is 12.5 Å². The van der Waals surface area contributed by atoms with Crippen molar-refractivity contribution in [2.75, 3.05) is 19.7 Å². The molecule has 68 valence electrons. The molecule has 2 rings (SSSR count). The van der Waals surface area contributed by atoms with Crippen molar-refractivity contribution in [2.24, 2.45) is 11.8 Å². The standard InChI is InChI=1S/C9H15NO2/c11-9(8-1-2-8)12-6-7-3-4-10-5-7/h7-8,10H,1-6H2/t7-/m1/s1. The van der Waals surface area contributed by atoms with E-state index in [0.717, 1.165) is 32.4 Å². The normalized spacial score (nSPS) is 28.8. The highest BCUT2D eigenvalue weighted by Gasteiger charge is 2.31. The van der Waals surface area contributed by atoms with E-state index < -0.39 is 0 Å². The molecule has 0 spiro atoms. The van der Waals surface area contributed by atoms with Gasteiger partial charge in [-0.15, -0.1) is 0 Å². The summed E-state index contributed by atoms with van der Waals surface area (Å²) < 4.78 is 5.17. The molecule has 0 aromatic carbocycles. The van der Waals surface area contributed by atoms with Crippen molar-refractivity contribution in [3.63, 3.8) is 0 Å². The number of carbonyl (C=O) groups is 1. The molecule has 3 nitrogen and oxygen atoms in total. The third-order valence-electron chi connectivity index (χ3n) is 2.53. The van der Waals surface area contributed by atoms with Crippen molar-refractivity contribution in [1.82, 2.24) is 5.32 Å². The second-order valence-electron chi connectivity index (χ2n) is 3.76. The van der Waals surface area contributed by atoms with Crippen LogP contribution < -0.4 is 5.32 Å². The molecule has 0 aromatic rings. The van der Waals surface area contributed by atoms with E-state index in [9.17, 15) is 4.79 Å². The van der Waals surface area contributed by atoms with Gasteiger partial charge < -0.3 is 10.1 Å². The van der Waals surface area contributed by atoms with Gasteiger partial charge in [0.05, 0.1) is 12.5 Å². The summed E-state index contributed by atoms with van der Waals surface area (Å²) in [6.45, 7) is 2.71. The largest absolute Gasteiger partial charge is 0.465 e. The van der Waals surface area contributed by atoms with E-state index >= 15 is 0 Å². The van der Waals surface area contributed by atoms with Crippen LogP contribution in [0.4, 0.5) is 0 Å². The van der Waals surface area contributed by atoms with Gasteiger partial charge in [-0.3, -0.25) is 4.79 Å². The number of ether oxygens (including phenoxy) is 1. The van der Waals surface area contributed by atoms with Gasteiger partial charge in [-0.2, -0.15) is 0 Å². The number of nitrogens with one attached hydrogen (secondary N) is 1. The zero-order chi connectivity index (χ0) is 8.39. The maximum atomic E-state index is 11.1. The van der Waals surface area contributed by atoms with Crippen LogP contribution in [0.3, 0.4) is 0 Å². The molecule has 2 fully saturated rings. The maximum Gasteiger partial charge on any atom is 0.308 e. The van der Waals surface area contributed by atoms with Crippen LogP contribution in [0.5, 0.6) is 0 Å². The van der Waals surface area contributed by atoms with Crippen molar-refractivity contribution in [2.45, 2.75) is 19.3 Å². The Balaban J connectivity index is 1.63. The molecule has 1 N–H and O–H groups in total.